The van der Waals surface area contributed by atoms with Crippen molar-refractivity contribution in [2.75, 3.05) is 6.54 Å². The van der Waals surface area contributed by atoms with Gasteiger partial charge in [-0.25, -0.2) is 8.78 Å². The first-order valence-corrected chi connectivity index (χ1v) is 7.74. The maximum atomic E-state index is 13.5. The number of hydrogen-bond acceptors (Lipinski definition) is 1. The van der Waals surface area contributed by atoms with Crippen molar-refractivity contribution >= 4 is 15.9 Å². The zero-order valence-corrected chi connectivity index (χ0v) is 13.7. The Kier molecular flexibility index (Phi) is 5.48. The first kappa shape index (κ1) is 16.1. The third-order valence-corrected chi connectivity index (χ3v) is 4.24. The van der Waals surface area contributed by atoms with Gasteiger partial charge in [0, 0.05) is 10.5 Å². The largest absolute Gasteiger partial charge is 0.310 e. The molecule has 1 unspecified atom stereocenters. The van der Waals surface area contributed by atoms with E-state index in [1.54, 1.807) is 18.2 Å². The van der Waals surface area contributed by atoms with Crippen molar-refractivity contribution in [2.24, 2.45) is 0 Å². The van der Waals surface area contributed by atoms with E-state index in [0.717, 1.165) is 27.7 Å². The van der Waals surface area contributed by atoms with Gasteiger partial charge in [0.1, 0.15) is 11.6 Å². The Morgan fingerprint density at radius 3 is 2.43 bits per heavy atom. The van der Waals surface area contributed by atoms with E-state index < -0.39 is 0 Å². The molecule has 0 radical (unpaired) electrons. The summed E-state index contributed by atoms with van der Waals surface area (Å²) in [7, 11) is 0. The number of aryl methyl sites for hydroxylation is 1. The Bertz CT molecular complexity index is 628. The van der Waals surface area contributed by atoms with Gasteiger partial charge in [0.05, 0.1) is 0 Å². The molecule has 0 aliphatic heterocycles. The monoisotopic (exact) mass is 353 g/mol. The summed E-state index contributed by atoms with van der Waals surface area (Å²) in [4.78, 5) is 0. The molecule has 0 saturated carbocycles. The van der Waals surface area contributed by atoms with Crippen LogP contribution in [0.2, 0.25) is 0 Å². The average Bonchev–Trinajstić information content (AvgIpc) is 2.44. The number of likely N-dealkylation sites (N-methyl/N-ethyl adjacent to an activating group) is 1. The summed E-state index contributed by atoms with van der Waals surface area (Å²) < 4.78 is 27.4. The summed E-state index contributed by atoms with van der Waals surface area (Å²) in [6.07, 6.45) is 0.666. The number of halogens is 3. The minimum absolute atomic E-state index is 0.00698. The lowest BCUT2D eigenvalue weighted by atomic mass is 9.95. The van der Waals surface area contributed by atoms with Crippen LogP contribution in [0.1, 0.15) is 29.7 Å². The molecule has 112 valence electrons. The molecule has 0 saturated heterocycles. The second-order valence-electron chi connectivity index (χ2n) is 5.05. The molecule has 0 fully saturated rings. The zero-order valence-electron chi connectivity index (χ0n) is 12.1. The van der Waals surface area contributed by atoms with Gasteiger partial charge in [0.25, 0.3) is 0 Å². The minimum Gasteiger partial charge on any atom is -0.310 e. The van der Waals surface area contributed by atoms with Crippen LogP contribution in [0.5, 0.6) is 0 Å². The molecule has 1 N–H and O–H groups in total. The van der Waals surface area contributed by atoms with Crippen LogP contribution in [-0.4, -0.2) is 6.54 Å². The molecule has 2 aromatic carbocycles. The molecule has 1 nitrogen and oxygen atoms in total. The molecule has 0 bridgehead atoms. The molecule has 1 atom stereocenters. The standard InChI is InChI=1S/C17H18BrF2N/c1-3-21-17(15-9-13(19)6-4-11(15)2)8-12-5-7-14(20)10-16(12)18/h4-7,9-10,17,21H,3,8H2,1-2H3. The summed E-state index contributed by atoms with van der Waals surface area (Å²) in [5.41, 5.74) is 2.97. The van der Waals surface area contributed by atoms with E-state index in [4.69, 9.17) is 0 Å². The van der Waals surface area contributed by atoms with Gasteiger partial charge < -0.3 is 5.32 Å². The molecule has 2 aromatic rings. The van der Waals surface area contributed by atoms with Crippen molar-refractivity contribution in [3.63, 3.8) is 0 Å². The van der Waals surface area contributed by atoms with Crippen LogP contribution in [-0.2, 0) is 6.42 Å². The Morgan fingerprint density at radius 2 is 1.76 bits per heavy atom. The highest BCUT2D eigenvalue weighted by Gasteiger charge is 2.16. The molecular formula is C17H18BrF2N. The Morgan fingerprint density at radius 1 is 1.10 bits per heavy atom. The van der Waals surface area contributed by atoms with Crippen molar-refractivity contribution < 1.29 is 8.78 Å². The smallest absolute Gasteiger partial charge is 0.124 e. The lowest BCUT2D eigenvalue weighted by Gasteiger charge is -2.21. The Labute approximate surface area is 132 Å². The first-order valence-electron chi connectivity index (χ1n) is 6.94. The highest BCUT2D eigenvalue weighted by atomic mass is 79.9. The van der Waals surface area contributed by atoms with E-state index in [-0.39, 0.29) is 17.7 Å². The van der Waals surface area contributed by atoms with Gasteiger partial charge in [-0.2, -0.15) is 0 Å². The number of rotatable bonds is 5. The highest BCUT2D eigenvalue weighted by Crippen LogP contribution is 2.27. The zero-order chi connectivity index (χ0) is 15.4. The lowest BCUT2D eigenvalue weighted by molar-refractivity contribution is 0.538. The molecule has 0 spiro atoms. The molecule has 0 amide bonds. The fourth-order valence-corrected chi connectivity index (χ4v) is 2.95. The van der Waals surface area contributed by atoms with E-state index in [1.807, 2.05) is 13.8 Å². The maximum absolute atomic E-state index is 13.5. The predicted molar refractivity (Wildman–Crippen MR) is 85.4 cm³/mol. The number of benzene rings is 2. The first-order chi connectivity index (χ1) is 10.0. The van der Waals surface area contributed by atoms with Gasteiger partial charge in [-0.3, -0.25) is 0 Å². The van der Waals surface area contributed by atoms with E-state index in [0.29, 0.717) is 6.42 Å². The summed E-state index contributed by atoms with van der Waals surface area (Å²) in [5, 5.41) is 3.38. The molecule has 21 heavy (non-hydrogen) atoms. The molecule has 0 aromatic heterocycles. The van der Waals surface area contributed by atoms with Crippen molar-refractivity contribution in [1.82, 2.24) is 5.32 Å². The molecule has 0 aliphatic rings. The number of hydrogen-bond donors (Lipinski definition) is 1. The summed E-state index contributed by atoms with van der Waals surface area (Å²) in [6.45, 7) is 4.76. The SMILES string of the molecule is CCNC(Cc1ccc(F)cc1Br)c1cc(F)ccc1C. The van der Waals surface area contributed by atoms with Crippen molar-refractivity contribution in [2.45, 2.75) is 26.3 Å². The molecule has 0 aliphatic carbocycles. The molecule has 0 heterocycles. The fraction of sp³-hybridized carbons (Fsp3) is 0.294. The maximum Gasteiger partial charge on any atom is 0.124 e. The highest BCUT2D eigenvalue weighted by molar-refractivity contribution is 9.10. The van der Waals surface area contributed by atoms with Gasteiger partial charge in [0.15, 0.2) is 0 Å². The summed E-state index contributed by atoms with van der Waals surface area (Å²) in [5.74, 6) is -0.510. The molecular weight excluding hydrogens is 336 g/mol. The van der Waals surface area contributed by atoms with E-state index in [2.05, 4.69) is 21.2 Å². The van der Waals surface area contributed by atoms with E-state index >= 15 is 0 Å². The summed E-state index contributed by atoms with van der Waals surface area (Å²) in [6, 6.07) is 9.48. The molecule has 4 heteroatoms. The van der Waals surface area contributed by atoms with Gasteiger partial charge in [-0.1, -0.05) is 35.0 Å². The van der Waals surface area contributed by atoms with Crippen LogP contribution in [0, 0.1) is 18.6 Å². The van der Waals surface area contributed by atoms with E-state index in [9.17, 15) is 8.78 Å². The van der Waals surface area contributed by atoms with Gasteiger partial charge in [0.2, 0.25) is 0 Å². The normalized spacial score (nSPS) is 12.4. The Balaban J connectivity index is 2.32. The van der Waals surface area contributed by atoms with Crippen LogP contribution in [0.4, 0.5) is 8.78 Å². The quantitative estimate of drug-likeness (QED) is 0.803. The van der Waals surface area contributed by atoms with Gasteiger partial charge >= 0.3 is 0 Å². The summed E-state index contributed by atoms with van der Waals surface area (Å²) >= 11 is 3.39. The van der Waals surface area contributed by atoms with Gasteiger partial charge in [-0.05, 0) is 60.8 Å². The topological polar surface area (TPSA) is 12.0 Å². The lowest BCUT2D eigenvalue weighted by Crippen LogP contribution is -2.24. The van der Waals surface area contributed by atoms with Crippen LogP contribution in [0.25, 0.3) is 0 Å². The van der Waals surface area contributed by atoms with E-state index in [1.165, 1.54) is 18.2 Å². The third-order valence-electron chi connectivity index (χ3n) is 3.51. The van der Waals surface area contributed by atoms with Gasteiger partial charge in [-0.15, -0.1) is 0 Å². The predicted octanol–water partition coefficient (Wildman–Crippen LogP) is 4.93. The van der Waals surface area contributed by atoms with Crippen LogP contribution >= 0.6 is 15.9 Å². The molecule has 2 rings (SSSR count). The number of nitrogens with one attached hydrogen (secondary N) is 1. The van der Waals surface area contributed by atoms with Crippen LogP contribution in [0.15, 0.2) is 40.9 Å². The second-order valence-corrected chi connectivity index (χ2v) is 5.91. The minimum atomic E-state index is -0.271. The van der Waals surface area contributed by atoms with Crippen LogP contribution in [0.3, 0.4) is 0 Å². The Hall–Kier alpha value is -1.26. The van der Waals surface area contributed by atoms with Crippen molar-refractivity contribution in [3.8, 4) is 0 Å². The second kappa shape index (κ2) is 7.14. The fourth-order valence-electron chi connectivity index (χ4n) is 2.43. The third kappa shape index (κ3) is 4.11. The van der Waals surface area contributed by atoms with Crippen LogP contribution < -0.4 is 5.32 Å². The average molecular weight is 354 g/mol. The van der Waals surface area contributed by atoms with Crippen molar-refractivity contribution in [1.29, 1.82) is 0 Å². The van der Waals surface area contributed by atoms with Crippen molar-refractivity contribution in [3.05, 3.63) is 69.2 Å².